The van der Waals surface area contributed by atoms with Gasteiger partial charge in [-0.25, -0.2) is 0 Å². The van der Waals surface area contributed by atoms with Gasteiger partial charge in [0.15, 0.2) is 0 Å². The highest BCUT2D eigenvalue weighted by atomic mass is 79.9. The van der Waals surface area contributed by atoms with Gasteiger partial charge in [0.25, 0.3) is 0 Å². The summed E-state index contributed by atoms with van der Waals surface area (Å²) in [4.78, 5) is 11.3. The van der Waals surface area contributed by atoms with Crippen LogP contribution in [0.1, 0.15) is 26.7 Å². The molecular weight excluding hydrogens is 288 g/mol. The van der Waals surface area contributed by atoms with E-state index < -0.39 is 0 Å². The minimum absolute atomic E-state index is 0.171. The van der Waals surface area contributed by atoms with Gasteiger partial charge < -0.3 is 4.74 Å². The molecule has 0 aromatic carbocycles. The van der Waals surface area contributed by atoms with Gasteiger partial charge in [0.2, 0.25) is 0 Å². The fourth-order valence-electron chi connectivity index (χ4n) is 0.720. The zero-order valence-corrected chi connectivity index (χ0v) is 10.5. The van der Waals surface area contributed by atoms with E-state index in [9.17, 15) is 4.79 Å². The number of alkyl halides is 2. The Morgan fingerprint density at radius 2 is 2.00 bits per heavy atom. The van der Waals surface area contributed by atoms with Gasteiger partial charge in [-0.05, 0) is 19.8 Å². The largest absolute Gasteiger partial charge is 0.465 e. The van der Waals surface area contributed by atoms with E-state index in [1.807, 2.05) is 6.92 Å². The van der Waals surface area contributed by atoms with E-state index in [-0.39, 0.29) is 10.8 Å². The SMILES string of the molecule is CCOC(=O)C(Br)C[C@H](Br)CC. The van der Waals surface area contributed by atoms with Crippen LogP contribution in [0.25, 0.3) is 0 Å². The molecule has 0 aromatic rings. The quantitative estimate of drug-likeness (QED) is 0.576. The van der Waals surface area contributed by atoms with E-state index in [1.165, 1.54) is 0 Å². The molecule has 0 saturated heterocycles. The normalized spacial score (nSPS) is 15.3. The maximum atomic E-state index is 11.1. The zero-order chi connectivity index (χ0) is 9.56. The summed E-state index contributed by atoms with van der Waals surface area (Å²) in [6.45, 7) is 4.33. The summed E-state index contributed by atoms with van der Waals surface area (Å²) in [5.41, 5.74) is 0. The molecule has 0 rings (SSSR count). The molecule has 0 spiro atoms. The van der Waals surface area contributed by atoms with Crippen LogP contribution in [0, 0.1) is 0 Å². The number of hydrogen-bond donors (Lipinski definition) is 0. The summed E-state index contributed by atoms with van der Waals surface area (Å²) < 4.78 is 4.84. The molecule has 1 unspecified atom stereocenters. The monoisotopic (exact) mass is 300 g/mol. The van der Waals surface area contributed by atoms with Crippen LogP contribution < -0.4 is 0 Å². The molecule has 0 aromatic heterocycles. The molecule has 12 heavy (non-hydrogen) atoms. The van der Waals surface area contributed by atoms with Crippen molar-refractivity contribution in [1.82, 2.24) is 0 Å². The first kappa shape index (κ1) is 12.4. The Balaban J connectivity index is 3.70. The number of hydrogen-bond acceptors (Lipinski definition) is 2. The van der Waals surface area contributed by atoms with Gasteiger partial charge in [-0.2, -0.15) is 0 Å². The van der Waals surface area contributed by atoms with Gasteiger partial charge in [-0.3, -0.25) is 4.79 Å². The lowest BCUT2D eigenvalue weighted by atomic mass is 10.2. The molecule has 72 valence electrons. The third-order valence-electron chi connectivity index (χ3n) is 1.45. The van der Waals surface area contributed by atoms with Crippen molar-refractivity contribution < 1.29 is 9.53 Å². The third kappa shape index (κ3) is 5.14. The van der Waals surface area contributed by atoms with Gasteiger partial charge in [0.05, 0.1) is 6.61 Å². The second-order valence-corrected chi connectivity index (χ2v) is 4.86. The molecule has 0 aliphatic rings. The average Bonchev–Trinajstić information content (AvgIpc) is 2.04. The highest BCUT2D eigenvalue weighted by Gasteiger charge is 2.18. The predicted octanol–water partition coefficient (Wildman–Crippen LogP) is 2.88. The first-order valence-electron chi connectivity index (χ1n) is 4.06. The number of esters is 1. The van der Waals surface area contributed by atoms with Gasteiger partial charge >= 0.3 is 5.97 Å². The zero-order valence-electron chi connectivity index (χ0n) is 7.35. The van der Waals surface area contributed by atoms with Gasteiger partial charge in [-0.15, -0.1) is 0 Å². The van der Waals surface area contributed by atoms with E-state index in [4.69, 9.17) is 4.74 Å². The maximum absolute atomic E-state index is 11.1. The summed E-state index contributed by atoms with van der Waals surface area (Å²) in [7, 11) is 0. The molecule has 4 heteroatoms. The lowest BCUT2D eigenvalue weighted by Crippen LogP contribution is -2.20. The van der Waals surface area contributed by atoms with Gasteiger partial charge in [0.1, 0.15) is 4.83 Å². The van der Waals surface area contributed by atoms with Crippen molar-refractivity contribution in [3.05, 3.63) is 0 Å². The van der Waals surface area contributed by atoms with Gasteiger partial charge in [-0.1, -0.05) is 38.8 Å². The Morgan fingerprint density at radius 1 is 1.42 bits per heavy atom. The topological polar surface area (TPSA) is 26.3 Å². The molecule has 0 radical (unpaired) electrons. The van der Waals surface area contributed by atoms with Crippen LogP contribution in [-0.4, -0.2) is 22.2 Å². The minimum atomic E-state index is -0.179. The van der Waals surface area contributed by atoms with E-state index >= 15 is 0 Å². The molecule has 0 aliphatic carbocycles. The summed E-state index contributed by atoms with van der Waals surface area (Å²) >= 11 is 6.74. The van der Waals surface area contributed by atoms with Crippen LogP contribution in [0.2, 0.25) is 0 Å². The minimum Gasteiger partial charge on any atom is -0.465 e. The van der Waals surface area contributed by atoms with Crippen LogP contribution in [0.15, 0.2) is 0 Å². The molecular formula is C8H14Br2O2. The first-order chi connectivity index (χ1) is 5.61. The first-order valence-corrected chi connectivity index (χ1v) is 5.89. The summed E-state index contributed by atoms with van der Waals surface area (Å²) in [6, 6.07) is 0. The number of ether oxygens (including phenoxy) is 1. The third-order valence-corrected chi connectivity index (χ3v) is 3.22. The fraction of sp³-hybridized carbons (Fsp3) is 0.875. The van der Waals surface area contributed by atoms with E-state index in [0.717, 1.165) is 12.8 Å². The number of halogens is 2. The Labute approximate surface area is 90.3 Å². The van der Waals surface area contributed by atoms with Crippen LogP contribution in [0.5, 0.6) is 0 Å². The molecule has 0 amide bonds. The van der Waals surface area contributed by atoms with Crippen molar-refractivity contribution in [2.45, 2.75) is 36.3 Å². The Bertz CT molecular complexity index is 139. The smallest absolute Gasteiger partial charge is 0.319 e. The Kier molecular flexibility index (Phi) is 7.14. The predicted molar refractivity (Wildman–Crippen MR) is 57.0 cm³/mol. The van der Waals surface area contributed by atoms with Crippen molar-refractivity contribution in [1.29, 1.82) is 0 Å². The molecule has 0 aliphatic heterocycles. The highest BCUT2D eigenvalue weighted by molar-refractivity contribution is 9.10. The number of carbonyl (C=O) groups is 1. The Hall–Kier alpha value is 0.430. The molecule has 0 N–H and O–H groups in total. The highest BCUT2D eigenvalue weighted by Crippen LogP contribution is 2.18. The van der Waals surface area contributed by atoms with E-state index in [0.29, 0.717) is 11.4 Å². The standard InChI is InChI=1S/C8H14Br2O2/c1-3-6(9)5-7(10)8(11)12-4-2/h6-7H,3-5H2,1-2H3/t6-,7?/m1/s1. The van der Waals surface area contributed by atoms with E-state index in [1.54, 1.807) is 0 Å². The Morgan fingerprint density at radius 3 is 2.42 bits per heavy atom. The fourth-order valence-corrected chi connectivity index (χ4v) is 2.18. The number of carbonyl (C=O) groups excluding carboxylic acids is 1. The molecule has 2 nitrogen and oxygen atoms in total. The lowest BCUT2D eigenvalue weighted by molar-refractivity contribution is -0.142. The molecule has 0 fully saturated rings. The molecule has 0 bridgehead atoms. The summed E-state index contributed by atoms with van der Waals surface area (Å²) in [6.07, 6.45) is 1.79. The second kappa shape index (κ2) is 6.89. The van der Waals surface area contributed by atoms with Crippen LogP contribution in [0.3, 0.4) is 0 Å². The van der Waals surface area contributed by atoms with Crippen molar-refractivity contribution in [3.8, 4) is 0 Å². The van der Waals surface area contributed by atoms with Gasteiger partial charge in [0, 0.05) is 4.83 Å². The van der Waals surface area contributed by atoms with Crippen LogP contribution in [-0.2, 0) is 9.53 Å². The average molecular weight is 302 g/mol. The van der Waals surface area contributed by atoms with Crippen LogP contribution in [0.4, 0.5) is 0 Å². The molecule has 0 saturated carbocycles. The summed E-state index contributed by atoms with van der Waals surface area (Å²) in [5, 5.41) is 0. The van der Waals surface area contributed by atoms with Crippen molar-refractivity contribution in [2.24, 2.45) is 0 Å². The molecule has 2 atom stereocenters. The van der Waals surface area contributed by atoms with Crippen molar-refractivity contribution in [2.75, 3.05) is 6.61 Å². The molecule has 0 heterocycles. The van der Waals surface area contributed by atoms with E-state index in [2.05, 4.69) is 38.8 Å². The van der Waals surface area contributed by atoms with Crippen molar-refractivity contribution >= 4 is 37.8 Å². The van der Waals surface area contributed by atoms with Crippen LogP contribution >= 0.6 is 31.9 Å². The van der Waals surface area contributed by atoms with Crippen molar-refractivity contribution in [3.63, 3.8) is 0 Å². The summed E-state index contributed by atoms with van der Waals surface area (Å²) in [5.74, 6) is -0.171. The second-order valence-electron chi connectivity index (χ2n) is 2.46. The lowest BCUT2D eigenvalue weighted by Gasteiger charge is -2.11. The number of rotatable bonds is 5. The maximum Gasteiger partial charge on any atom is 0.319 e.